The molecule has 5 heteroatoms. The van der Waals surface area contributed by atoms with E-state index in [1.807, 2.05) is 36.2 Å². The van der Waals surface area contributed by atoms with E-state index >= 15 is 0 Å². The van der Waals surface area contributed by atoms with Crippen molar-refractivity contribution in [1.82, 2.24) is 9.97 Å². The van der Waals surface area contributed by atoms with Crippen LogP contribution in [0.5, 0.6) is 0 Å². The molecule has 1 aliphatic carbocycles. The molecule has 28 heavy (non-hydrogen) atoms. The van der Waals surface area contributed by atoms with E-state index in [0.29, 0.717) is 18.8 Å². The van der Waals surface area contributed by atoms with Crippen molar-refractivity contribution in [3.63, 3.8) is 0 Å². The highest BCUT2D eigenvalue weighted by Crippen LogP contribution is 2.31. The topological polar surface area (TPSA) is 49.3 Å². The Balaban J connectivity index is 1.50. The van der Waals surface area contributed by atoms with Crippen molar-refractivity contribution in [3.05, 3.63) is 59.2 Å². The lowest BCUT2D eigenvalue weighted by molar-refractivity contribution is -0.118. The molecule has 0 unspecified atom stereocenters. The van der Waals surface area contributed by atoms with E-state index in [4.69, 9.17) is 9.97 Å². The van der Waals surface area contributed by atoms with E-state index in [2.05, 4.69) is 23.1 Å². The monoisotopic (exact) mass is 372 g/mol. The van der Waals surface area contributed by atoms with Crippen LogP contribution in [0.25, 0.3) is 11.0 Å². The van der Waals surface area contributed by atoms with Crippen LogP contribution < -0.4 is 9.80 Å². The second-order valence-electron chi connectivity index (χ2n) is 7.81. The summed E-state index contributed by atoms with van der Waals surface area (Å²) < 4.78 is 0. The fraction of sp³-hybridized carbons (Fsp3) is 0.348. The minimum absolute atomic E-state index is 0.0964. The van der Waals surface area contributed by atoms with E-state index in [-0.39, 0.29) is 5.91 Å². The molecule has 1 amide bonds. The molecule has 1 aliphatic heterocycles. The number of aromatic nitrogens is 2. The molecule has 0 saturated carbocycles. The molecule has 0 saturated heterocycles. The quantitative estimate of drug-likeness (QED) is 0.690. The van der Waals surface area contributed by atoms with E-state index < -0.39 is 0 Å². The Hall–Kier alpha value is -2.95. The number of aryl methyl sites for hydroxylation is 2. The first-order chi connectivity index (χ1) is 13.7. The van der Waals surface area contributed by atoms with Crippen molar-refractivity contribution in [1.29, 1.82) is 0 Å². The first-order valence-corrected chi connectivity index (χ1v) is 10.1. The number of para-hydroxylation sites is 2. The highest BCUT2D eigenvalue weighted by atomic mass is 16.2. The highest BCUT2D eigenvalue weighted by molar-refractivity contribution is 5.98. The van der Waals surface area contributed by atoms with Gasteiger partial charge in [-0.05, 0) is 54.5 Å². The summed E-state index contributed by atoms with van der Waals surface area (Å²) in [5.74, 6) is 1.57. The van der Waals surface area contributed by atoms with Crippen molar-refractivity contribution in [2.24, 2.45) is 0 Å². The Labute approximate surface area is 165 Å². The molecular formula is C23H24N4O. The van der Waals surface area contributed by atoms with Crippen LogP contribution in [0.2, 0.25) is 0 Å². The molecule has 5 rings (SSSR count). The lowest BCUT2D eigenvalue weighted by atomic mass is 10.0. The van der Waals surface area contributed by atoms with Gasteiger partial charge in [0, 0.05) is 20.1 Å². The molecule has 0 fully saturated rings. The smallest absolute Gasteiger partial charge is 0.232 e. The fourth-order valence-corrected chi connectivity index (χ4v) is 4.34. The van der Waals surface area contributed by atoms with Gasteiger partial charge in [0.05, 0.1) is 17.5 Å². The molecule has 2 heterocycles. The van der Waals surface area contributed by atoms with Gasteiger partial charge in [0.2, 0.25) is 5.91 Å². The fourth-order valence-electron chi connectivity index (χ4n) is 4.34. The van der Waals surface area contributed by atoms with Crippen LogP contribution in [0.3, 0.4) is 0 Å². The summed E-state index contributed by atoms with van der Waals surface area (Å²) in [6, 6.07) is 14.4. The second-order valence-corrected chi connectivity index (χ2v) is 7.81. The summed E-state index contributed by atoms with van der Waals surface area (Å²) in [4.78, 5) is 26.9. The van der Waals surface area contributed by atoms with Gasteiger partial charge in [0.25, 0.3) is 0 Å². The molecule has 142 valence electrons. The molecule has 1 aromatic heterocycles. The third kappa shape index (κ3) is 3.01. The highest BCUT2D eigenvalue weighted by Gasteiger charge is 2.27. The zero-order chi connectivity index (χ0) is 19.1. The zero-order valence-electron chi connectivity index (χ0n) is 16.2. The van der Waals surface area contributed by atoms with Crippen LogP contribution in [-0.2, 0) is 24.1 Å². The van der Waals surface area contributed by atoms with Gasteiger partial charge in [-0.1, -0.05) is 30.3 Å². The van der Waals surface area contributed by atoms with Gasteiger partial charge >= 0.3 is 0 Å². The molecule has 5 nitrogen and oxygen atoms in total. The zero-order valence-corrected chi connectivity index (χ0v) is 16.2. The number of rotatable bonds is 2. The van der Waals surface area contributed by atoms with Crippen LogP contribution >= 0.6 is 0 Å². The summed E-state index contributed by atoms with van der Waals surface area (Å²) in [6.45, 7) is 1.54. The van der Waals surface area contributed by atoms with Crippen LogP contribution in [0, 0.1) is 0 Å². The molecular weight excluding hydrogens is 348 g/mol. The van der Waals surface area contributed by atoms with Crippen LogP contribution in [-0.4, -0.2) is 36.0 Å². The largest absolute Gasteiger partial charge is 0.357 e. The van der Waals surface area contributed by atoms with E-state index in [0.717, 1.165) is 48.2 Å². The van der Waals surface area contributed by atoms with Gasteiger partial charge in [-0.15, -0.1) is 0 Å². The Kier molecular flexibility index (Phi) is 4.23. The lowest BCUT2D eigenvalue weighted by Gasteiger charge is -2.23. The standard InChI is InChI=1S/C23H24N4O/c1-26-12-5-13-27(23-22(26)24-19-8-2-3-9-20(19)25-23)21(28)15-16-10-11-17-6-4-7-18(17)14-16/h2-3,8-11,14H,4-7,12-13,15H2,1H3. The summed E-state index contributed by atoms with van der Waals surface area (Å²) in [5, 5.41) is 0. The van der Waals surface area contributed by atoms with Gasteiger partial charge in [-0.3, -0.25) is 9.69 Å². The number of anilines is 2. The summed E-state index contributed by atoms with van der Waals surface area (Å²) >= 11 is 0. The maximum absolute atomic E-state index is 13.3. The number of fused-ring (bicyclic) bond motifs is 3. The minimum atomic E-state index is 0.0964. The molecule has 2 aromatic carbocycles. The number of benzene rings is 2. The molecule has 0 bridgehead atoms. The van der Waals surface area contributed by atoms with Crippen molar-refractivity contribution < 1.29 is 4.79 Å². The SMILES string of the molecule is CN1CCCN(C(=O)Cc2ccc3c(c2)CCC3)c2nc3ccccc3nc21. The Morgan fingerprint density at radius 3 is 2.50 bits per heavy atom. The summed E-state index contributed by atoms with van der Waals surface area (Å²) in [6.07, 6.45) is 4.83. The Morgan fingerprint density at radius 2 is 1.68 bits per heavy atom. The van der Waals surface area contributed by atoms with Gasteiger partial charge in [-0.25, -0.2) is 9.97 Å². The first-order valence-electron chi connectivity index (χ1n) is 10.1. The maximum atomic E-state index is 13.3. The van der Waals surface area contributed by atoms with Crippen LogP contribution in [0.4, 0.5) is 11.6 Å². The van der Waals surface area contributed by atoms with Gasteiger partial charge in [0.1, 0.15) is 0 Å². The van der Waals surface area contributed by atoms with Crippen molar-refractivity contribution in [2.75, 3.05) is 29.9 Å². The lowest BCUT2D eigenvalue weighted by Crippen LogP contribution is -2.33. The molecule has 0 N–H and O–H groups in total. The van der Waals surface area contributed by atoms with E-state index in [1.165, 1.54) is 17.5 Å². The Morgan fingerprint density at radius 1 is 0.929 bits per heavy atom. The third-order valence-electron chi connectivity index (χ3n) is 5.85. The Bertz CT molecular complexity index is 1060. The number of carbonyl (C=O) groups excluding carboxylic acids is 1. The summed E-state index contributed by atoms with van der Waals surface area (Å²) in [7, 11) is 2.02. The molecule has 0 radical (unpaired) electrons. The second kappa shape index (κ2) is 6.89. The first kappa shape index (κ1) is 17.2. The van der Waals surface area contributed by atoms with Crippen molar-refractivity contribution in [2.45, 2.75) is 32.1 Å². The van der Waals surface area contributed by atoms with Crippen LogP contribution in [0.15, 0.2) is 42.5 Å². The van der Waals surface area contributed by atoms with E-state index in [9.17, 15) is 4.79 Å². The van der Waals surface area contributed by atoms with Gasteiger partial charge < -0.3 is 4.90 Å². The van der Waals surface area contributed by atoms with Gasteiger partial charge in [-0.2, -0.15) is 0 Å². The van der Waals surface area contributed by atoms with E-state index in [1.54, 1.807) is 0 Å². The summed E-state index contributed by atoms with van der Waals surface area (Å²) in [5.41, 5.74) is 5.63. The molecule has 0 spiro atoms. The minimum Gasteiger partial charge on any atom is -0.357 e. The van der Waals surface area contributed by atoms with Crippen molar-refractivity contribution >= 4 is 28.6 Å². The number of carbonyl (C=O) groups is 1. The maximum Gasteiger partial charge on any atom is 0.232 e. The predicted octanol–water partition coefficient (Wildman–Crippen LogP) is 3.53. The number of hydrogen-bond acceptors (Lipinski definition) is 4. The average molecular weight is 372 g/mol. The molecule has 2 aliphatic rings. The van der Waals surface area contributed by atoms with Crippen LogP contribution in [0.1, 0.15) is 29.5 Å². The number of amides is 1. The normalized spacial score (nSPS) is 16.0. The third-order valence-corrected chi connectivity index (χ3v) is 5.85. The number of hydrogen-bond donors (Lipinski definition) is 0. The van der Waals surface area contributed by atoms with Crippen molar-refractivity contribution in [3.8, 4) is 0 Å². The van der Waals surface area contributed by atoms with Gasteiger partial charge in [0.15, 0.2) is 11.6 Å². The molecule has 0 atom stereocenters. The average Bonchev–Trinajstić information content (AvgIpc) is 3.11. The number of nitrogens with zero attached hydrogens (tertiary/aromatic N) is 4. The molecule has 3 aromatic rings. The predicted molar refractivity (Wildman–Crippen MR) is 112 cm³/mol.